The molecule has 18 heavy (non-hydrogen) atoms. The Morgan fingerprint density at radius 1 is 1.28 bits per heavy atom. The molecule has 1 atom stereocenters. The molecular weight excluding hydrogens is 234 g/mol. The molecule has 0 rings (SSSR count). The third-order valence-electron chi connectivity index (χ3n) is 3.11. The SMILES string of the molecule is CC(C)C(NC(=O)NCC(C)(C)N(C)C)C(=O)O. The van der Waals surface area contributed by atoms with Crippen LogP contribution in [-0.4, -0.2) is 54.2 Å². The Hall–Kier alpha value is -1.30. The molecule has 0 fully saturated rings. The molecule has 0 aliphatic heterocycles. The molecule has 0 saturated carbocycles. The van der Waals surface area contributed by atoms with Gasteiger partial charge in [-0.1, -0.05) is 13.8 Å². The number of aliphatic carboxylic acids is 1. The average molecular weight is 259 g/mol. The average Bonchev–Trinajstić information content (AvgIpc) is 2.22. The summed E-state index contributed by atoms with van der Waals surface area (Å²) < 4.78 is 0. The Labute approximate surface area is 109 Å². The maximum atomic E-state index is 11.6. The van der Waals surface area contributed by atoms with Gasteiger partial charge in [0.15, 0.2) is 0 Å². The van der Waals surface area contributed by atoms with Gasteiger partial charge in [0, 0.05) is 12.1 Å². The topological polar surface area (TPSA) is 81.7 Å². The van der Waals surface area contributed by atoms with Gasteiger partial charge in [-0.3, -0.25) is 0 Å². The van der Waals surface area contributed by atoms with Crippen LogP contribution in [0.25, 0.3) is 0 Å². The number of carboxylic acids is 1. The van der Waals surface area contributed by atoms with Crippen molar-refractivity contribution in [1.29, 1.82) is 0 Å². The third kappa shape index (κ3) is 5.35. The minimum absolute atomic E-state index is 0.157. The number of urea groups is 1. The quantitative estimate of drug-likeness (QED) is 0.657. The summed E-state index contributed by atoms with van der Waals surface area (Å²) in [6, 6.07) is -1.32. The molecule has 0 aliphatic rings. The zero-order valence-corrected chi connectivity index (χ0v) is 12.1. The molecule has 1 unspecified atom stereocenters. The van der Waals surface area contributed by atoms with Gasteiger partial charge >= 0.3 is 12.0 Å². The number of carbonyl (C=O) groups excluding carboxylic acids is 1. The van der Waals surface area contributed by atoms with E-state index in [-0.39, 0.29) is 11.5 Å². The summed E-state index contributed by atoms with van der Waals surface area (Å²) in [4.78, 5) is 24.6. The minimum Gasteiger partial charge on any atom is -0.480 e. The number of hydrogen-bond acceptors (Lipinski definition) is 3. The fourth-order valence-electron chi connectivity index (χ4n) is 1.16. The van der Waals surface area contributed by atoms with Crippen LogP contribution in [0.2, 0.25) is 0 Å². The van der Waals surface area contributed by atoms with E-state index in [0.29, 0.717) is 6.54 Å². The summed E-state index contributed by atoms with van der Waals surface area (Å²) in [7, 11) is 3.85. The van der Waals surface area contributed by atoms with E-state index in [4.69, 9.17) is 5.11 Å². The Bertz CT molecular complexity index is 301. The first-order chi connectivity index (χ1) is 8.08. The van der Waals surface area contributed by atoms with Crippen molar-refractivity contribution in [3.63, 3.8) is 0 Å². The van der Waals surface area contributed by atoms with Crippen molar-refractivity contribution < 1.29 is 14.7 Å². The number of hydrogen-bond donors (Lipinski definition) is 3. The number of nitrogens with zero attached hydrogens (tertiary/aromatic N) is 1. The number of likely N-dealkylation sites (N-methyl/N-ethyl adjacent to an activating group) is 1. The molecule has 2 amide bonds. The van der Waals surface area contributed by atoms with E-state index < -0.39 is 18.0 Å². The molecule has 3 N–H and O–H groups in total. The molecule has 0 spiro atoms. The fourth-order valence-corrected chi connectivity index (χ4v) is 1.16. The fraction of sp³-hybridized carbons (Fsp3) is 0.833. The molecule has 0 aromatic carbocycles. The first-order valence-electron chi connectivity index (χ1n) is 6.02. The number of amides is 2. The van der Waals surface area contributed by atoms with E-state index in [1.807, 2.05) is 32.8 Å². The summed E-state index contributed by atoms with van der Waals surface area (Å²) >= 11 is 0. The molecule has 0 heterocycles. The van der Waals surface area contributed by atoms with E-state index in [0.717, 1.165) is 0 Å². The van der Waals surface area contributed by atoms with Crippen molar-refractivity contribution in [3.05, 3.63) is 0 Å². The van der Waals surface area contributed by atoms with Crippen LogP contribution in [0.1, 0.15) is 27.7 Å². The maximum absolute atomic E-state index is 11.6. The lowest BCUT2D eigenvalue weighted by atomic mass is 10.0. The van der Waals surface area contributed by atoms with Gasteiger partial charge in [-0.2, -0.15) is 0 Å². The predicted octanol–water partition coefficient (Wildman–Crippen LogP) is 0.735. The van der Waals surface area contributed by atoms with E-state index in [2.05, 4.69) is 10.6 Å². The lowest BCUT2D eigenvalue weighted by molar-refractivity contribution is -0.140. The van der Waals surface area contributed by atoms with E-state index >= 15 is 0 Å². The third-order valence-corrected chi connectivity index (χ3v) is 3.11. The highest BCUT2D eigenvalue weighted by atomic mass is 16.4. The second kappa shape index (κ2) is 6.58. The Morgan fingerprint density at radius 3 is 2.11 bits per heavy atom. The molecule has 0 bridgehead atoms. The highest BCUT2D eigenvalue weighted by Crippen LogP contribution is 2.07. The van der Waals surface area contributed by atoms with Crippen LogP contribution < -0.4 is 10.6 Å². The standard InChI is InChI=1S/C12H25N3O3/c1-8(2)9(10(16)17)14-11(18)13-7-12(3,4)15(5)6/h8-9H,7H2,1-6H3,(H,16,17)(H2,13,14,18). The number of rotatable bonds is 6. The van der Waals surface area contributed by atoms with Crippen molar-refractivity contribution in [1.82, 2.24) is 15.5 Å². The van der Waals surface area contributed by atoms with Crippen molar-refractivity contribution in [2.45, 2.75) is 39.3 Å². The van der Waals surface area contributed by atoms with Crippen LogP contribution >= 0.6 is 0 Å². The monoisotopic (exact) mass is 259 g/mol. The summed E-state index contributed by atoms with van der Waals surface area (Å²) in [5.41, 5.74) is -0.187. The first kappa shape index (κ1) is 16.7. The molecular formula is C12H25N3O3. The van der Waals surface area contributed by atoms with Gasteiger partial charge in [-0.05, 0) is 33.9 Å². The van der Waals surface area contributed by atoms with Gasteiger partial charge in [-0.25, -0.2) is 9.59 Å². The zero-order chi connectivity index (χ0) is 14.5. The van der Waals surface area contributed by atoms with E-state index in [1.54, 1.807) is 13.8 Å². The summed E-state index contributed by atoms with van der Waals surface area (Å²) in [5.74, 6) is -1.18. The van der Waals surface area contributed by atoms with Crippen LogP contribution in [0.3, 0.4) is 0 Å². The van der Waals surface area contributed by atoms with Crippen molar-refractivity contribution in [2.24, 2.45) is 5.92 Å². The van der Waals surface area contributed by atoms with Crippen molar-refractivity contribution in [3.8, 4) is 0 Å². The van der Waals surface area contributed by atoms with Gasteiger partial charge in [0.25, 0.3) is 0 Å². The van der Waals surface area contributed by atoms with Gasteiger partial charge in [0.2, 0.25) is 0 Å². The highest BCUT2D eigenvalue weighted by molar-refractivity contribution is 5.82. The van der Waals surface area contributed by atoms with Crippen LogP contribution in [0.4, 0.5) is 4.79 Å². The molecule has 0 aromatic rings. The normalized spacial score (nSPS) is 13.6. The smallest absolute Gasteiger partial charge is 0.326 e. The first-order valence-corrected chi connectivity index (χ1v) is 6.02. The number of carbonyl (C=O) groups is 2. The zero-order valence-electron chi connectivity index (χ0n) is 12.1. The van der Waals surface area contributed by atoms with Crippen molar-refractivity contribution >= 4 is 12.0 Å². The van der Waals surface area contributed by atoms with Crippen LogP contribution in [0.5, 0.6) is 0 Å². The Kier molecular flexibility index (Phi) is 6.11. The van der Waals surface area contributed by atoms with Gasteiger partial charge in [0.05, 0.1) is 0 Å². The molecule has 0 saturated heterocycles. The van der Waals surface area contributed by atoms with Crippen LogP contribution in [-0.2, 0) is 4.79 Å². The molecule has 6 heteroatoms. The predicted molar refractivity (Wildman–Crippen MR) is 70.6 cm³/mol. The molecule has 106 valence electrons. The maximum Gasteiger partial charge on any atom is 0.326 e. The molecule has 0 aliphatic carbocycles. The second-order valence-corrected chi connectivity index (χ2v) is 5.59. The summed E-state index contributed by atoms with van der Waals surface area (Å²) in [5, 5.41) is 14.1. The Morgan fingerprint density at radius 2 is 1.78 bits per heavy atom. The van der Waals surface area contributed by atoms with Crippen LogP contribution in [0.15, 0.2) is 0 Å². The summed E-state index contributed by atoms with van der Waals surface area (Å²) in [6.07, 6.45) is 0. The highest BCUT2D eigenvalue weighted by Gasteiger charge is 2.25. The Balaban J connectivity index is 4.31. The molecule has 0 radical (unpaired) electrons. The van der Waals surface area contributed by atoms with E-state index in [9.17, 15) is 9.59 Å². The second-order valence-electron chi connectivity index (χ2n) is 5.59. The lowest BCUT2D eigenvalue weighted by Crippen LogP contribution is -2.53. The largest absolute Gasteiger partial charge is 0.480 e. The summed E-state index contributed by atoms with van der Waals surface area (Å²) in [6.45, 7) is 7.93. The van der Waals surface area contributed by atoms with Gasteiger partial charge in [-0.15, -0.1) is 0 Å². The van der Waals surface area contributed by atoms with Crippen molar-refractivity contribution in [2.75, 3.05) is 20.6 Å². The molecule has 0 aromatic heterocycles. The van der Waals surface area contributed by atoms with Gasteiger partial charge < -0.3 is 20.6 Å². The molecule has 6 nitrogen and oxygen atoms in total. The number of carboxylic acid groups (broad SMARTS) is 1. The number of nitrogens with one attached hydrogen (secondary N) is 2. The van der Waals surface area contributed by atoms with Gasteiger partial charge in [0.1, 0.15) is 6.04 Å². The minimum atomic E-state index is -1.02. The van der Waals surface area contributed by atoms with E-state index in [1.165, 1.54) is 0 Å². The lowest BCUT2D eigenvalue weighted by Gasteiger charge is -2.32. The van der Waals surface area contributed by atoms with Crippen LogP contribution in [0, 0.1) is 5.92 Å².